The number of aliphatic hydroxyl groups excluding tert-OH is 4. The fourth-order valence-electron chi connectivity index (χ4n) is 4.89. The molecule has 1 aromatic heterocycles. The number of thioether (sulfide) groups is 1. The molecule has 2 fully saturated rings. The molecule has 3 heterocycles. The summed E-state index contributed by atoms with van der Waals surface area (Å²) in [4.78, 5) is 14.9. The monoisotopic (exact) mass is 594 g/mol. The zero-order valence-electron chi connectivity index (χ0n) is 21.6. The number of amides is 1. The molecule has 3 aromatic rings. The highest BCUT2D eigenvalue weighted by Crippen LogP contribution is 2.39. The van der Waals surface area contributed by atoms with Gasteiger partial charge in [0.2, 0.25) is 5.91 Å². The number of nitrogens with zero attached hydrogens (tertiary/aromatic N) is 4. The van der Waals surface area contributed by atoms with Crippen molar-refractivity contribution in [2.75, 3.05) is 19.7 Å². The smallest absolute Gasteiger partial charge is 0.238 e. The zero-order valence-corrected chi connectivity index (χ0v) is 22.4. The molecule has 0 radical (unpaired) electrons. The molecule has 1 amide bonds. The molecule has 10 nitrogen and oxygen atoms in total. The van der Waals surface area contributed by atoms with Gasteiger partial charge in [-0.15, -0.1) is 16.9 Å². The van der Waals surface area contributed by atoms with Crippen LogP contribution in [-0.4, -0.2) is 101 Å². The number of carbonyl (C=O) groups excluding carboxylic acids is 1. The van der Waals surface area contributed by atoms with Crippen molar-refractivity contribution >= 4 is 17.7 Å². The van der Waals surface area contributed by atoms with Crippen molar-refractivity contribution in [3.8, 4) is 11.3 Å². The van der Waals surface area contributed by atoms with Crippen molar-refractivity contribution < 1.29 is 43.1 Å². The van der Waals surface area contributed by atoms with Gasteiger partial charge in [-0.3, -0.25) is 4.79 Å². The molecule has 0 saturated carbocycles. The predicted octanol–water partition coefficient (Wildman–Crippen LogP) is 1.28. The Balaban J connectivity index is 1.41. The lowest BCUT2D eigenvalue weighted by molar-refractivity contribution is -0.178. The summed E-state index contributed by atoms with van der Waals surface area (Å²) >= 11 is 0.877. The maximum absolute atomic E-state index is 13.8. The zero-order chi connectivity index (χ0) is 29.3. The van der Waals surface area contributed by atoms with Gasteiger partial charge in [0.25, 0.3) is 0 Å². The summed E-state index contributed by atoms with van der Waals surface area (Å²) in [5.41, 5.74) is -0.591. The fourth-order valence-corrected chi connectivity index (χ4v) is 6.25. The molecule has 7 atom stereocenters. The first kappa shape index (κ1) is 29.5. The van der Waals surface area contributed by atoms with E-state index in [1.807, 2.05) is 30.3 Å². The molecular weight excluding hydrogens is 565 g/mol. The van der Waals surface area contributed by atoms with Crippen molar-refractivity contribution in [1.82, 2.24) is 19.9 Å². The van der Waals surface area contributed by atoms with Crippen molar-refractivity contribution in [2.24, 2.45) is 0 Å². The van der Waals surface area contributed by atoms with Gasteiger partial charge in [-0.2, -0.15) is 0 Å². The number of hydrogen-bond donors (Lipinski definition) is 4. The van der Waals surface area contributed by atoms with Crippen LogP contribution in [0.25, 0.3) is 11.3 Å². The summed E-state index contributed by atoms with van der Waals surface area (Å²) in [6.45, 7) is 0.429. The van der Waals surface area contributed by atoms with Crippen LogP contribution in [0, 0.1) is 17.5 Å². The quantitative estimate of drug-likeness (QED) is 0.270. The maximum atomic E-state index is 13.8. The van der Waals surface area contributed by atoms with E-state index in [0.29, 0.717) is 13.1 Å². The van der Waals surface area contributed by atoms with Crippen molar-refractivity contribution in [3.63, 3.8) is 0 Å². The molecule has 4 N–H and O–H groups in total. The predicted molar refractivity (Wildman–Crippen MR) is 141 cm³/mol. The minimum Gasteiger partial charge on any atom is -0.394 e. The minimum absolute atomic E-state index is 0.0671. The Morgan fingerprint density at radius 1 is 1.10 bits per heavy atom. The van der Waals surface area contributed by atoms with Crippen LogP contribution >= 0.6 is 11.8 Å². The molecular formula is C27H29F3N4O6S. The Labute approximate surface area is 237 Å². The molecule has 14 heteroatoms. The van der Waals surface area contributed by atoms with Crippen LogP contribution in [0.15, 0.2) is 48.7 Å². The number of hydrogen-bond acceptors (Lipinski definition) is 9. The molecule has 220 valence electrons. The fraction of sp³-hybridized carbons (Fsp3) is 0.444. The summed E-state index contributed by atoms with van der Waals surface area (Å²) in [7, 11) is 0. The van der Waals surface area contributed by atoms with Gasteiger partial charge in [0.1, 0.15) is 40.7 Å². The van der Waals surface area contributed by atoms with E-state index < -0.39 is 65.2 Å². The van der Waals surface area contributed by atoms with Crippen LogP contribution in [0.3, 0.4) is 0 Å². The highest BCUT2D eigenvalue weighted by Gasteiger charge is 2.48. The van der Waals surface area contributed by atoms with Gasteiger partial charge in [-0.05, 0) is 30.5 Å². The standard InChI is InChI=1S/C27H29F3N4O6S/c28-16-10-15(11-17(29)21(16)30)18-12-34(32-31-18)22-23(37)20(13-35)40-27(24(22)38)41-25(26(39)33-7-4-8-33)19(36)9-14-5-2-1-3-6-14/h1-3,5-6,10-12,19-20,22-25,27,35-38H,4,7-9,13H2/t19-,20-,22+,23+,24-,25+,27+/m1/s1. The van der Waals surface area contributed by atoms with Crippen LogP contribution in [0.1, 0.15) is 18.0 Å². The normalized spacial score (nSPS) is 25.9. The maximum Gasteiger partial charge on any atom is 0.238 e. The van der Waals surface area contributed by atoms with E-state index in [9.17, 15) is 38.4 Å². The summed E-state index contributed by atoms with van der Waals surface area (Å²) in [5, 5.41) is 50.0. The SMILES string of the molecule is O=C([C@@H](S[C@@H]1O[C@H](CO)[C@H](O)[C@H](n2cc(-c3cc(F)c(F)c(F)c3)nn2)[C@H]1O)[C@H](O)Cc1ccccc1)N1CCC1. The largest absolute Gasteiger partial charge is 0.394 e. The summed E-state index contributed by atoms with van der Waals surface area (Å²) in [6, 6.07) is 9.31. The molecule has 5 rings (SSSR count). The number of likely N-dealkylation sites (tertiary alicyclic amines) is 1. The Bertz CT molecular complexity index is 1340. The molecule has 0 aliphatic carbocycles. The van der Waals surface area contributed by atoms with Gasteiger partial charge in [-0.1, -0.05) is 35.5 Å². The van der Waals surface area contributed by atoms with E-state index in [2.05, 4.69) is 10.3 Å². The Morgan fingerprint density at radius 3 is 2.39 bits per heavy atom. The topological polar surface area (TPSA) is 141 Å². The van der Waals surface area contributed by atoms with E-state index >= 15 is 0 Å². The first-order valence-corrected chi connectivity index (χ1v) is 14.0. The van der Waals surface area contributed by atoms with Crippen LogP contribution in [0.4, 0.5) is 13.2 Å². The van der Waals surface area contributed by atoms with Gasteiger partial charge in [0.05, 0.1) is 18.9 Å². The van der Waals surface area contributed by atoms with Gasteiger partial charge in [0, 0.05) is 18.7 Å². The summed E-state index contributed by atoms with van der Waals surface area (Å²) in [6.07, 6.45) is -3.18. The average molecular weight is 595 g/mol. The van der Waals surface area contributed by atoms with Crippen molar-refractivity contribution in [3.05, 3.63) is 71.7 Å². The summed E-state index contributed by atoms with van der Waals surface area (Å²) in [5.74, 6) is -4.82. The Kier molecular flexibility index (Phi) is 8.97. The lowest BCUT2D eigenvalue weighted by atomic mass is 9.97. The third kappa shape index (κ3) is 6.12. The van der Waals surface area contributed by atoms with E-state index in [1.165, 1.54) is 6.20 Å². The third-order valence-electron chi connectivity index (χ3n) is 7.27. The molecule has 0 bridgehead atoms. The second-order valence-corrected chi connectivity index (χ2v) is 11.3. The van der Waals surface area contributed by atoms with E-state index in [0.717, 1.165) is 40.6 Å². The number of aliphatic hydroxyl groups is 4. The first-order valence-electron chi connectivity index (χ1n) is 13.0. The Morgan fingerprint density at radius 2 is 1.78 bits per heavy atom. The number of ether oxygens (including phenoxy) is 1. The van der Waals surface area contributed by atoms with Gasteiger partial charge < -0.3 is 30.1 Å². The number of carbonyl (C=O) groups is 1. The van der Waals surface area contributed by atoms with Crippen molar-refractivity contribution in [1.29, 1.82) is 0 Å². The second-order valence-electron chi connectivity index (χ2n) is 10.0. The highest BCUT2D eigenvalue weighted by molar-refractivity contribution is 8.01. The number of rotatable bonds is 9. The lowest BCUT2D eigenvalue weighted by Gasteiger charge is -2.43. The molecule has 2 saturated heterocycles. The van der Waals surface area contributed by atoms with Gasteiger partial charge in [-0.25, -0.2) is 17.9 Å². The van der Waals surface area contributed by atoms with E-state index in [1.54, 1.807) is 4.90 Å². The van der Waals surface area contributed by atoms with Gasteiger partial charge >= 0.3 is 0 Å². The second kappa shape index (κ2) is 12.5. The van der Waals surface area contributed by atoms with Crippen molar-refractivity contribution in [2.45, 2.75) is 54.0 Å². The molecule has 41 heavy (non-hydrogen) atoms. The van der Waals surface area contributed by atoms with E-state index in [-0.39, 0.29) is 23.6 Å². The van der Waals surface area contributed by atoms with E-state index in [4.69, 9.17) is 4.74 Å². The molecule has 2 aliphatic rings. The lowest BCUT2D eigenvalue weighted by Crippen LogP contribution is -2.57. The van der Waals surface area contributed by atoms with Crippen LogP contribution in [0.5, 0.6) is 0 Å². The van der Waals surface area contributed by atoms with Crippen LogP contribution < -0.4 is 0 Å². The third-order valence-corrected chi connectivity index (χ3v) is 8.74. The average Bonchev–Trinajstić information content (AvgIpc) is 3.40. The minimum atomic E-state index is -1.64. The number of benzene rings is 2. The molecule has 2 aliphatic heterocycles. The number of halogens is 3. The molecule has 0 spiro atoms. The number of aromatic nitrogens is 3. The van der Waals surface area contributed by atoms with Gasteiger partial charge in [0.15, 0.2) is 17.5 Å². The van der Waals surface area contributed by atoms with Crippen LogP contribution in [0.2, 0.25) is 0 Å². The molecule has 2 aromatic carbocycles. The Hall–Kier alpha value is -3.01. The summed E-state index contributed by atoms with van der Waals surface area (Å²) < 4.78 is 47.9. The van der Waals surface area contributed by atoms with Crippen LogP contribution in [-0.2, 0) is 16.0 Å². The molecule has 0 unspecified atom stereocenters. The first-order chi connectivity index (χ1) is 19.7. The highest BCUT2D eigenvalue weighted by atomic mass is 32.2.